The van der Waals surface area contributed by atoms with Crippen LogP contribution >= 0.6 is 0 Å². The van der Waals surface area contributed by atoms with Gasteiger partial charge in [-0.3, -0.25) is 9.69 Å². The molecule has 2 atom stereocenters. The zero-order valence-corrected chi connectivity index (χ0v) is 20.8. The summed E-state index contributed by atoms with van der Waals surface area (Å²) in [5.41, 5.74) is -0.173. The predicted octanol–water partition coefficient (Wildman–Crippen LogP) is 3.09. The number of amides is 1. The first-order chi connectivity index (χ1) is 16.8. The first kappa shape index (κ1) is 32.2. The maximum atomic E-state index is 13.0. The van der Waals surface area contributed by atoms with Crippen LogP contribution in [0.2, 0.25) is 0 Å². The van der Waals surface area contributed by atoms with Crippen molar-refractivity contribution in [2.24, 2.45) is 11.3 Å². The van der Waals surface area contributed by atoms with Crippen LogP contribution in [0, 0.1) is 18.3 Å². The van der Waals surface area contributed by atoms with Gasteiger partial charge < -0.3 is 24.4 Å². The maximum Gasteiger partial charge on any atom is 0.490 e. The van der Waals surface area contributed by atoms with Crippen LogP contribution in [0.1, 0.15) is 24.9 Å². The third kappa shape index (κ3) is 9.54. The third-order valence-electron chi connectivity index (χ3n) is 6.00. The number of carbonyl (C=O) groups excluding carboxylic acids is 1. The van der Waals surface area contributed by atoms with E-state index < -0.39 is 24.3 Å². The average Bonchev–Trinajstić information content (AvgIpc) is 3.39. The highest BCUT2D eigenvalue weighted by Crippen LogP contribution is 2.45. The lowest BCUT2D eigenvalue weighted by atomic mass is 9.78. The van der Waals surface area contributed by atoms with Gasteiger partial charge in [-0.1, -0.05) is 6.92 Å². The largest absolute Gasteiger partial charge is 0.490 e. The minimum atomic E-state index is -5.08. The molecule has 0 radical (unpaired) electrons. The van der Waals surface area contributed by atoms with Crippen LogP contribution in [0.3, 0.4) is 0 Å². The number of carboxylic acid groups (broad SMARTS) is 2. The van der Waals surface area contributed by atoms with Gasteiger partial charge in [0, 0.05) is 32.7 Å². The Morgan fingerprint density at radius 2 is 1.62 bits per heavy atom. The standard InChI is InChI=1S/C18H29N3O2.2C2HF3O2/c1-14-11-20(12-16-6-5-15(2)23-16)13-18(14)7-8-21(17(18)22)10-9-19(3)4;2*3-2(4,5)1(6)7/h5-6,14H,7-13H2,1-4H3;2*(H,6,7)/t14-,18-;;/m1../s1. The Bertz CT molecular complexity index is 909. The molecule has 3 heterocycles. The lowest BCUT2D eigenvalue weighted by molar-refractivity contribution is -0.193. The average molecular weight is 547 g/mol. The van der Waals surface area contributed by atoms with Crippen LogP contribution in [-0.2, 0) is 20.9 Å². The molecule has 0 saturated carbocycles. The normalized spacial score (nSPS) is 22.1. The monoisotopic (exact) mass is 547 g/mol. The second-order valence-corrected chi connectivity index (χ2v) is 9.19. The van der Waals surface area contributed by atoms with E-state index >= 15 is 0 Å². The molecule has 2 fully saturated rings. The predicted molar refractivity (Wildman–Crippen MR) is 117 cm³/mol. The van der Waals surface area contributed by atoms with Crippen molar-refractivity contribution in [3.63, 3.8) is 0 Å². The minimum absolute atomic E-state index is 0.173. The number of rotatable bonds is 5. The molecule has 2 saturated heterocycles. The van der Waals surface area contributed by atoms with Crippen LogP contribution in [0.5, 0.6) is 0 Å². The Balaban J connectivity index is 0.000000404. The van der Waals surface area contributed by atoms with E-state index in [1.165, 1.54) is 0 Å². The zero-order valence-electron chi connectivity index (χ0n) is 20.8. The third-order valence-corrected chi connectivity index (χ3v) is 6.00. The number of alkyl halides is 6. The van der Waals surface area contributed by atoms with Crippen LogP contribution in [-0.4, -0.2) is 102 Å². The molecule has 0 aliphatic carbocycles. The van der Waals surface area contributed by atoms with Gasteiger partial charge in [0.1, 0.15) is 11.5 Å². The van der Waals surface area contributed by atoms with Crippen LogP contribution < -0.4 is 0 Å². The molecule has 2 N–H and O–H groups in total. The second-order valence-electron chi connectivity index (χ2n) is 9.19. The van der Waals surface area contributed by atoms with Crippen LogP contribution in [0.25, 0.3) is 0 Å². The fraction of sp³-hybridized carbons (Fsp3) is 0.682. The number of aliphatic carboxylic acids is 2. The SMILES string of the molecule is Cc1ccc(CN2C[C@@H](C)[C@@]3(CCN(CCN(C)C)C3=O)C2)o1.O=C(O)C(F)(F)F.O=C(O)C(F)(F)F. The van der Waals surface area contributed by atoms with Gasteiger partial charge in [-0.15, -0.1) is 0 Å². The summed E-state index contributed by atoms with van der Waals surface area (Å²) in [4.78, 5) is 37.4. The molecule has 0 bridgehead atoms. The Kier molecular flexibility index (Phi) is 11.0. The lowest BCUT2D eigenvalue weighted by Gasteiger charge is -2.27. The van der Waals surface area contributed by atoms with E-state index in [4.69, 9.17) is 24.2 Å². The Labute approximate surface area is 209 Å². The highest BCUT2D eigenvalue weighted by molar-refractivity contribution is 5.86. The molecule has 1 amide bonds. The summed E-state index contributed by atoms with van der Waals surface area (Å²) in [5, 5.41) is 14.2. The number of nitrogens with zero attached hydrogens (tertiary/aromatic N) is 3. The zero-order chi connectivity index (χ0) is 28.8. The molecule has 0 unspecified atom stereocenters. The van der Waals surface area contributed by atoms with Crippen molar-refractivity contribution in [2.45, 2.75) is 39.2 Å². The molecule has 2 aliphatic rings. The molecular formula is C22H31F6N3O6. The van der Waals surface area contributed by atoms with Gasteiger partial charge in [-0.2, -0.15) is 26.3 Å². The molecular weight excluding hydrogens is 516 g/mol. The van der Waals surface area contributed by atoms with E-state index in [1.807, 2.05) is 19.1 Å². The molecule has 37 heavy (non-hydrogen) atoms. The summed E-state index contributed by atoms with van der Waals surface area (Å²) in [6.07, 6.45) is -9.17. The van der Waals surface area contributed by atoms with Gasteiger partial charge in [0.2, 0.25) is 5.91 Å². The fourth-order valence-corrected chi connectivity index (χ4v) is 4.09. The second kappa shape index (κ2) is 12.6. The van der Waals surface area contributed by atoms with E-state index in [2.05, 4.69) is 35.7 Å². The first-order valence-corrected chi connectivity index (χ1v) is 11.1. The number of hydrogen-bond acceptors (Lipinski definition) is 6. The summed E-state index contributed by atoms with van der Waals surface area (Å²) < 4.78 is 69.2. The van der Waals surface area contributed by atoms with Crippen molar-refractivity contribution < 1.29 is 55.4 Å². The summed E-state index contributed by atoms with van der Waals surface area (Å²) in [6.45, 7) is 9.55. The van der Waals surface area contributed by atoms with Crippen molar-refractivity contribution in [1.29, 1.82) is 0 Å². The van der Waals surface area contributed by atoms with Crippen LogP contribution in [0.15, 0.2) is 16.5 Å². The van der Waals surface area contributed by atoms with Crippen LogP contribution in [0.4, 0.5) is 26.3 Å². The van der Waals surface area contributed by atoms with E-state index in [0.717, 1.165) is 57.2 Å². The van der Waals surface area contributed by atoms with Gasteiger partial charge in [-0.25, -0.2) is 9.59 Å². The molecule has 212 valence electrons. The first-order valence-electron chi connectivity index (χ1n) is 11.1. The lowest BCUT2D eigenvalue weighted by Crippen LogP contribution is -2.41. The molecule has 15 heteroatoms. The van der Waals surface area contributed by atoms with Crippen molar-refractivity contribution >= 4 is 17.8 Å². The highest BCUT2D eigenvalue weighted by Gasteiger charge is 2.54. The summed E-state index contributed by atoms with van der Waals surface area (Å²) in [7, 11) is 4.11. The summed E-state index contributed by atoms with van der Waals surface area (Å²) >= 11 is 0. The fourth-order valence-electron chi connectivity index (χ4n) is 4.09. The topological polar surface area (TPSA) is 115 Å². The molecule has 2 aliphatic heterocycles. The number of carbonyl (C=O) groups is 3. The number of aryl methyl sites for hydroxylation is 1. The van der Waals surface area contributed by atoms with E-state index in [0.29, 0.717) is 11.8 Å². The minimum Gasteiger partial charge on any atom is -0.475 e. The molecule has 9 nitrogen and oxygen atoms in total. The Hall–Kier alpha value is -2.81. The molecule has 1 spiro atoms. The number of likely N-dealkylation sites (N-methyl/N-ethyl adjacent to an activating group) is 1. The number of furan rings is 1. The molecule has 0 aromatic carbocycles. The van der Waals surface area contributed by atoms with Gasteiger partial charge in [-0.05, 0) is 45.5 Å². The Morgan fingerprint density at radius 1 is 1.11 bits per heavy atom. The van der Waals surface area contributed by atoms with Gasteiger partial charge in [0.05, 0.1) is 12.0 Å². The molecule has 1 aromatic rings. The quantitative estimate of drug-likeness (QED) is 0.541. The summed E-state index contributed by atoms with van der Waals surface area (Å²) in [5.74, 6) is -2.78. The van der Waals surface area contributed by atoms with Crippen molar-refractivity contribution in [1.82, 2.24) is 14.7 Å². The highest BCUT2D eigenvalue weighted by atomic mass is 19.4. The van der Waals surface area contributed by atoms with Crippen molar-refractivity contribution in [3.05, 3.63) is 23.7 Å². The van der Waals surface area contributed by atoms with Crippen molar-refractivity contribution in [3.8, 4) is 0 Å². The summed E-state index contributed by atoms with van der Waals surface area (Å²) in [6, 6.07) is 4.05. The number of likely N-dealkylation sites (tertiary alicyclic amines) is 2. The van der Waals surface area contributed by atoms with E-state index in [1.54, 1.807) is 0 Å². The molecule has 3 rings (SSSR count). The van der Waals surface area contributed by atoms with Crippen molar-refractivity contribution in [2.75, 3.05) is 46.8 Å². The van der Waals surface area contributed by atoms with Gasteiger partial charge in [0.15, 0.2) is 0 Å². The smallest absolute Gasteiger partial charge is 0.475 e. The number of halogens is 6. The number of carboxylic acids is 2. The van der Waals surface area contributed by atoms with Gasteiger partial charge >= 0.3 is 24.3 Å². The maximum absolute atomic E-state index is 13.0. The van der Waals surface area contributed by atoms with E-state index in [9.17, 15) is 31.1 Å². The molecule has 1 aromatic heterocycles. The number of hydrogen-bond donors (Lipinski definition) is 2. The van der Waals surface area contributed by atoms with Gasteiger partial charge in [0.25, 0.3) is 0 Å². The van der Waals surface area contributed by atoms with E-state index in [-0.39, 0.29) is 5.41 Å². The Morgan fingerprint density at radius 3 is 2.03 bits per heavy atom.